The van der Waals surface area contributed by atoms with E-state index >= 15 is 0 Å². The third kappa shape index (κ3) is 5.15. The Kier molecular flexibility index (Phi) is 7.83. The van der Waals surface area contributed by atoms with Crippen LogP contribution in [0.1, 0.15) is 20.3 Å². The second-order valence-corrected chi connectivity index (χ2v) is 9.48. The zero-order chi connectivity index (χ0) is 22.5. The van der Waals surface area contributed by atoms with Gasteiger partial charge in [-0.05, 0) is 18.1 Å². The fourth-order valence-corrected chi connectivity index (χ4v) is 4.82. The lowest BCUT2D eigenvalue weighted by Crippen LogP contribution is -2.52. The van der Waals surface area contributed by atoms with Crippen molar-refractivity contribution in [1.29, 1.82) is 0 Å². The number of rotatable bonds is 7. The van der Waals surface area contributed by atoms with Gasteiger partial charge < -0.3 is 10.2 Å². The van der Waals surface area contributed by atoms with Crippen molar-refractivity contribution in [1.82, 2.24) is 24.3 Å². The normalized spacial score (nSPS) is 16.8. The van der Waals surface area contributed by atoms with Crippen molar-refractivity contribution in [3.63, 3.8) is 0 Å². The molecule has 1 aromatic heterocycles. The lowest BCUT2D eigenvalue weighted by atomic mass is 9.98. The molecular formula is C22H33N5O3S. The molecule has 0 aliphatic carbocycles. The van der Waals surface area contributed by atoms with Crippen LogP contribution in [0.4, 0.5) is 4.79 Å². The maximum Gasteiger partial charge on any atom is 0.337 e. The minimum absolute atomic E-state index is 0.0557. The van der Waals surface area contributed by atoms with Gasteiger partial charge in [-0.3, -0.25) is 14.3 Å². The van der Waals surface area contributed by atoms with Gasteiger partial charge in [-0.25, -0.2) is 14.2 Å². The highest BCUT2D eigenvalue weighted by atomic mass is 32.2. The zero-order valence-electron chi connectivity index (χ0n) is 18.8. The number of aromatic nitrogens is 2. The first-order chi connectivity index (χ1) is 14.8. The number of carbonyl (C=O) groups excluding carboxylic acids is 2. The third-order valence-electron chi connectivity index (χ3n) is 5.98. The van der Waals surface area contributed by atoms with E-state index < -0.39 is 12.1 Å². The predicted octanol–water partition coefficient (Wildman–Crippen LogP) is 1.91. The van der Waals surface area contributed by atoms with Crippen molar-refractivity contribution in [3.8, 4) is 0 Å². The van der Waals surface area contributed by atoms with Crippen LogP contribution >= 0.6 is 11.8 Å². The highest BCUT2D eigenvalue weighted by Gasteiger charge is 2.29. The molecule has 2 atom stereocenters. The summed E-state index contributed by atoms with van der Waals surface area (Å²) in [6, 6.07) is 6.08. The standard InChI is InChI=1S/C22H33N5O3S/c1-5-16(2)19(20(28)24(3)4)23-21(29)27-18-9-7-6-8-17(18)26(22(27)30)11-10-25-12-14-31-15-13-25/h6-9,16,19H,5,10-15H2,1-4H3,(H,23,29). The fraction of sp³-hybridized carbons (Fsp3) is 0.591. The molecule has 1 N–H and O–H groups in total. The molecule has 0 saturated carbocycles. The predicted molar refractivity (Wildman–Crippen MR) is 126 cm³/mol. The molecule has 2 aromatic rings. The van der Waals surface area contributed by atoms with Gasteiger partial charge in [0.05, 0.1) is 11.0 Å². The molecule has 170 valence electrons. The van der Waals surface area contributed by atoms with E-state index in [9.17, 15) is 14.4 Å². The van der Waals surface area contributed by atoms with Gasteiger partial charge in [0.1, 0.15) is 6.04 Å². The molecule has 8 nitrogen and oxygen atoms in total. The number of imidazole rings is 1. The molecule has 0 bridgehead atoms. The Morgan fingerprint density at radius 1 is 1.13 bits per heavy atom. The number of amides is 2. The molecule has 1 aliphatic heterocycles. The molecule has 1 aliphatic rings. The molecule has 2 amide bonds. The Bertz CT molecular complexity index is 977. The smallest absolute Gasteiger partial charge is 0.337 e. The summed E-state index contributed by atoms with van der Waals surface area (Å²) < 4.78 is 2.84. The summed E-state index contributed by atoms with van der Waals surface area (Å²) in [4.78, 5) is 43.0. The highest BCUT2D eigenvalue weighted by molar-refractivity contribution is 7.99. The van der Waals surface area contributed by atoms with E-state index in [1.54, 1.807) is 24.7 Å². The summed E-state index contributed by atoms with van der Waals surface area (Å²) in [6.45, 7) is 7.23. The molecule has 0 spiro atoms. The Morgan fingerprint density at radius 3 is 2.39 bits per heavy atom. The van der Waals surface area contributed by atoms with Crippen LogP contribution < -0.4 is 11.0 Å². The topological polar surface area (TPSA) is 79.6 Å². The zero-order valence-corrected chi connectivity index (χ0v) is 19.7. The van der Waals surface area contributed by atoms with Crippen molar-refractivity contribution in [3.05, 3.63) is 34.7 Å². The van der Waals surface area contributed by atoms with Crippen LogP contribution in [0.3, 0.4) is 0 Å². The van der Waals surface area contributed by atoms with Crippen molar-refractivity contribution in [2.24, 2.45) is 5.92 Å². The van der Waals surface area contributed by atoms with Gasteiger partial charge in [-0.1, -0.05) is 32.4 Å². The van der Waals surface area contributed by atoms with Gasteiger partial charge in [0.15, 0.2) is 0 Å². The van der Waals surface area contributed by atoms with Crippen LogP contribution in [0.25, 0.3) is 11.0 Å². The number of thioether (sulfide) groups is 1. The first-order valence-electron chi connectivity index (χ1n) is 10.9. The monoisotopic (exact) mass is 447 g/mol. The third-order valence-corrected chi connectivity index (χ3v) is 6.92. The summed E-state index contributed by atoms with van der Waals surface area (Å²) >= 11 is 1.95. The van der Waals surface area contributed by atoms with E-state index in [0.717, 1.165) is 43.1 Å². The van der Waals surface area contributed by atoms with E-state index in [1.165, 1.54) is 9.47 Å². The van der Waals surface area contributed by atoms with Crippen molar-refractivity contribution >= 4 is 34.7 Å². The first-order valence-corrected chi connectivity index (χ1v) is 12.0. The fourth-order valence-electron chi connectivity index (χ4n) is 3.85. The summed E-state index contributed by atoms with van der Waals surface area (Å²) in [6.07, 6.45) is 0.731. The minimum Gasteiger partial charge on any atom is -0.347 e. The van der Waals surface area contributed by atoms with E-state index in [2.05, 4.69) is 10.2 Å². The van der Waals surface area contributed by atoms with E-state index in [1.807, 2.05) is 43.8 Å². The number of hydrogen-bond acceptors (Lipinski definition) is 5. The molecule has 1 saturated heterocycles. The minimum atomic E-state index is -0.688. The molecule has 31 heavy (non-hydrogen) atoms. The Hall–Kier alpha value is -2.26. The molecule has 1 aromatic carbocycles. The van der Waals surface area contributed by atoms with Gasteiger partial charge >= 0.3 is 11.7 Å². The number of para-hydroxylation sites is 2. The summed E-state index contributed by atoms with van der Waals surface area (Å²) in [5.74, 6) is 1.98. The van der Waals surface area contributed by atoms with Gasteiger partial charge in [0.2, 0.25) is 5.91 Å². The molecule has 3 rings (SSSR count). The maximum atomic E-state index is 13.3. The van der Waals surface area contributed by atoms with Gasteiger partial charge in [-0.15, -0.1) is 0 Å². The number of hydrogen-bond donors (Lipinski definition) is 1. The number of carbonyl (C=O) groups is 2. The Morgan fingerprint density at radius 2 is 1.77 bits per heavy atom. The number of benzene rings is 1. The molecule has 9 heteroatoms. The second kappa shape index (κ2) is 10.4. The van der Waals surface area contributed by atoms with Crippen LogP contribution in [0.5, 0.6) is 0 Å². The maximum absolute atomic E-state index is 13.3. The lowest BCUT2D eigenvalue weighted by Gasteiger charge is -2.26. The number of likely N-dealkylation sites (N-methyl/N-ethyl adjacent to an activating group) is 1. The molecule has 2 heterocycles. The molecule has 1 fully saturated rings. The van der Waals surface area contributed by atoms with E-state index in [-0.39, 0.29) is 17.5 Å². The van der Waals surface area contributed by atoms with Crippen LogP contribution in [-0.4, -0.2) is 82.1 Å². The van der Waals surface area contributed by atoms with Gasteiger partial charge in [0, 0.05) is 51.8 Å². The van der Waals surface area contributed by atoms with Crippen molar-refractivity contribution in [2.45, 2.75) is 32.9 Å². The Balaban J connectivity index is 1.90. The molecule has 2 unspecified atom stereocenters. The van der Waals surface area contributed by atoms with Gasteiger partial charge in [0.25, 0.3) is 0 Å². The number of nitrogens with one attached hydrogen (secondary N) is 1. The number of nitrogens with zero attached hydrogens (tertiary/aromatic N) is 4. The quantitative estimate of drug-likeness (QED) is 0.702. The summed E-state index contributed by atoms with van der Waals surface area (Å²) in [5, 5.41) is 2.82. The average Bonchev–Trinajstić information content (AvgIpc) is 3.06. The van der Waals surface area contributed by atoms with Crippen molar-refractivity contribution in [2.75, 3.05) is 45.2 Å². The highest BCUT2D eigenvalue weighted by Crippen LogP contribution is 2.15. The first kappa shape index (κ1) is 23.4. The largest absolute Gasteiger partial charge is 0.347 e. The van der Waals surface area contributed by atoms with Crippen LogP contribution in [0.15, 0.2) is 29.1 Å². The SMILES string of the molecule is CCC(C)C(NC(=O)n1c(=O)n(CCN2CCSCC2)c2ccccc21)C(=O)N(C)C. The van der Waals surface area contributed by atoms with Crippen LogP contribution in [0, 0.1) is 5.92 Å². The average molecular weight is 448 g/mol. The van der Waals surface area contributed by atoms with Crippen LogP contribution in [-0.2, 0) is 11.3 Å². The Labute approximate surface area is 187 Å². The molecule has 0 radical (unpaired) electrons. The number of fused-ring (bicyclic) bond motifs is 1. The lowest BCUT2D eigenvalue weighted by molar-refractivity contribution is -0.131. The van der Waals surface area contributed by atoms with E-state index in [0.29, 0.717) is 12.1 Å². The van der Waals surface area contributed by atoms with Crippen molar-refractivity contribution < 1.29 is 9.59 Å². The summed E-state index contributed by atoms with van der Waals surface area (Å²) in [5.41, 5.74) is 0.915. The van der Waals surface area contributed by atoms with Gasteiger partial charge in [-0.2, -0.15) is 11.8 Å². The van der Waals surface area contributed by atoms with Crippen LogP contribution in [0.2, 0.25) is 0 Å². The second-order valence-electron chi connectivity index (χ2n) is 8.26. The summed E-state index contributed by atoms with van der Waals surface area (Å²) in [7, 11) is 3.34. The van der Waals surface area contributed by atoms with E-state index in [4.69, 9.17) is 0 Å². The molecular weight excluding hydrogens is 414 g/mol.